The van der Waals surface area contributed by atoms with E-state index in [1.807, 2.05) is 6.07 Å². The maximum absolute atomic E-state index is 12.5. The molecular formula is C18H14N4O4. The molecule has 0 saturated heterocycles. The van der Waals surface area contributed by atoms with Crippen molar-refractivity contribution < 1.29 is 14.8 Å². The molecule has 1 aliphatic heterocycles. The van der Waals surface area contributed by atoms with Crippen molar-refractivity contribution in [3.8, 4) is 5.75 Å². The number of non-ortho nitro benzene ring substituents is 1. The number of aromatic hydroxyl groups is 1. The number of amides is 1. The molecule has 0 bridgehead atoms. The number of benzene rings is 2. The molecule has 0 atom stereocenters. The second kappa shape index (κ2) is 6.98. The Morgan fingerprint density at radius 1 is 1.27 bits per heavy atom. The SMILES string of the molecule is C=CCN1C(=O)/C(=N\N=C\c2cc([N+](=O)[O-])ccc2O)c2ccccc21. The second-order valence-electron chi connectivity index (χ2n) is 5.41. The Morgan fingerprint density at radius 3 is 2.77 bits per heavy atom. The largest absolute Gasteiger partial charge is 0.507 e. The number of para-hydroxylation sites is 1. The van der Waals surface area contributed by atoms with E-state index in [0.29, 0.717) is 17.8 Å². The highest BCUT2D eigenvalue weighted by Crippen LogP contribution is 2.29. The lowest BCUT2D eigenvalue weighted by atomic mass is 10.1. The third kappa shape index (κ3) is 3.07. The average Bonchev–Trinajstić information content (AvgIpc) is 2.89. The number of nitro groups is 1. The summed E-state index contributed by atoms with van der Waals surface area (Å²) in [6.45, 7) is 3.98. The number of nitro benzene ring substituents is 1. The predicted octanol–water partition coefficient (Wildman–Crippen LogP) is 2.66. The van der Waals surface area contributed by atoms with Crippen LogP contribution in [0.25, 0.3) is 0 Å². The lowest BCUT2D eigenvalue weighted by Gasteiger charge is -2.13. The fraction of sp³-hybridized carbons (Fsp3) is 0.0556. The van der Waals surface area contributed by atoms with Crippen LogP contribution in [-0.4, -0.2) is 34.4 Å². The Bertz CT molecular complexity index is 965. The molecule has 1 heterocycles. The van der Waals surface area contributed by atoms with Crippen molar-refractivity contribution in [3.05, 3.63) is 76.4 Å². The zero-order valence-electron chi connectivity index (χ0n) is 13.6. The smallest absolute Gasteiger partial charge is 0.279 e. The van der Waals surface area contributed by atoms with Crippen LogP contribution in [0.2, 0.25) is 0 Å². The summed E-state index contributed by atoms with van der Waals surface area (Å²) in [6, 6.07) is 10.7. The number of hydrogen-bond donors (Lipinski definition) is 1. The van der Waals surface area contributed by atoms with Gasteiger partial charge in [0.15, 0.2) is 5.71 Å². The van der Waals surface area contributed by atoms with Crippen LogP contribution in [0.4, 0.5) is 11.4 Å². The standard InChI is InChI=1S/C18H14N4O4/c1-2-9-21-15-6-4-3-5-14(15)17(18(21)24)20-19-11-12-10-13(22(25)26)7-8-16(12)23/h2-8,10-11,23H,1,9H2/b19-11+,20-17-. The van der Waals surface area contributed by atoms with Crippen molar-refractivity contribution in [2.24, 2.45) is 10.2 Å². The fourth-order valence-electron chi connectivity index (χ4n) is 2.58. The van der Waals surface area contributed by atoms with E-state index in [2.05, 4.69) is 16.8 Å². The van der Waals surface area contributed by atoms with Crippen molar-refractivity contribution >= 4 is 29.2 Å². The van der Waals surface area contributed by atoms with Gasteiger partial charge in [-0.25, -0.2) is 0 Å². The summed E-state index contributed by atoms with van der Waals surface area (Å²) < 4.78 is 0. The van der Waals surface area contributed by atoms with Crippen LogP contribution in [0.3, 0.4) is 0 Å². The summed E-state index contributed by atoms with van der Waals surface area (Å²) >= 11 is 0. The molecule has 0 aliphatic carbocycles. The van der Waals surface area contributed by atoms with E-state index in [1.165, 1.54) is 29.3 Å². The van der Waals surface area contributed by atoms with Gasteiger partial charge in [0.25, 0.3) is 11.6 Å². The molecule has 1 N–H and O–H groups in total. The van der Waals surface area contributed by atoms with Crippen LogP contribution in [0.1, 0.15) is 11.1 Å². The summed E-state index contributed by atoms with van der Waals surface area (Å²) in [4.78, 5) is 24.3. The normalized spacial score (nSPS) is 14.8. The number of nitrogens with zero attached hydrogens (tertiary/aromatic N) is 4. The Balaban J connectivity index is 1.95. The third-order valence-corrected chi connectivity index (χ3v) is 3.79. The van der Waals surface area contributed by atoms with E-state index in [4.69, 9.17) is 0 Å². The molecule has 1 amide bonds. The zero-order chi connectivity index (χ0) is 18.7. The number of phenolic OH excluding ortho intramolecular Hbond substituents is 1. The van der Waals surface area contributed by atoms with E-state index >= 15 is 0 Å². The quantitative estimate of drug-likeness (QED) is 0.387. The Kier molecular flexibility index (Phi) is 4.57. The van der Waals surface area contributed by atoms with Crippen molar-refractivity contribution in [1.29, 1.82) is 0 Å². The van der Waals surface area contributed by atoms with Gasteiger partial charge in [-0.05, 0) is 12.1 Å². The summed E-state index contributed by atoms with van der Waals surface area (Å²) in [6.07, 6.45) is 2.78. The van der Waals surface area contributed by atoms with Crippen molar-refractivity contribution in [2.45, 2.75) is 0 Å². The van der Waals surface area contributed by atoms with Crippen molar-refractivity contribution in [2.75, 3.05) is 11.4 Å². The van der Waals surface area contributed by atoms with Gasteiger partial charge in [-0.3, -0.25) is 14.9 Å². The molecule has 2 aromatic rings. The number of rotatable bonds is 5. The lowest BCUT2D eigenvalue weighted by molar-refractivity contribution is -0.384. The zero-order valence-corrected chi connectivity index (χ0v) is 13.6. The number of hydrogen-bond acceptors (Lipinski definition) is 6. The Hall–Kier alpha value is -3.81. The van der Waals surface area contributed by atoms with E-state index in [-0.39, 0.29) is 28.6 Å². The number of phenols is 1. The van der Waals surface area contributed by atoms with E-state index in [0.717, 1.165) is 0 Å². The van der Waals surface area contributed by atoms with Crippen LogP contribution in [-0.2, 0) is 4.79 Å². The first kappa shape index (κ1) is 17.0. The number of anilines is 1. The maximum atomic E-state index is 12.5. The highest BCUT2D eigenvalue weighted by atomic mass is 16.6. The minimum atomic E-state index is -0.577. The van der Waals surface area contributed by atoms with Crippen LogP contribution < -0.4 is 4.90 Å². The minimum Gasteiger partial charge on any atom is -0.507 e. The molecule has 0 saturated carbocycles. The molecule has 8 heteroatoms. The predicted molar refractivity (Wildman–Crippen MR) is 97.9 cm³/mol. The first-order valence-electron chi connectivity index (χ1n) is 7.63. The Morgan fingerprint density at radius 2 is 2.04 bits per heavy atom. The van der Waals surface area contributed by atoms with Gasteiger partial charge in [-0.15, -0.1) is 11.7 Å². The molecule has 0 unspecified atom stereocenters. The summed E-state index contributed by atoms with van der Waals surface area (Å²) in [5.74, 6) is -0.488. The fourth-order valence-corrected chi connectivity index (χ4v) is 2.58. The van der Waals surface area contributed by atoms with E-state index in [1.54, 1.807) is 24.3 Å². The van der Waals surface area contributed by atoms with E-state index < -0.39 is 4.92 Å². The second-order valence-corrected chi connectivity index (χ2v) is 5.41. The van der Waals surface area contributed by atoms with Gasteiger partial charge in [0.05, 0.1) is 16.8 Å². The van der Waals surface area contributed by atoms with Gasteiger partial charge in [-0.2, -0.15) is 5.10 Å². The summed E-state index contributed by atoms with van der Waals surface area (Å²) in [5, 5.41) is 28.4. The molecule has 8 nitrogen and oxygen atoms in total. The van der Waals surface area contributed by atoms with Gasteiger partial charge >= 0.3 is 0 Å². The third-order valence-electron chi connectivity index (χ3n) is 3.79. The maximum Gasteiger partial charge on any atom is 0.279 e. The first-order valence-corrected chi connectivity index (χ1v) is 7.63. The molecule has 1 aliphatic rings. The van der Waals surface area contributed by atoms with Gasteiger partial charge < -0.3 is 10.0 Å². The molecule has 0 fully saturated rings. The minimum absolute atomic E-state index is 0.130. The van der Waals surface area contributed by atoms with Gasteiger partial charge in [0, 0.05) is 29.8 Å². The molecule has 0 aromatic heterocycles. The molecule has 130 valence electrons. The number of carbonyl (C=O) groups is 1. The van der Waals surface area contributed by atoms with Crippen LogP contribution in [0.15, 0.2) is 65.3 Å². The van der Waals surface area contributed by atoms with Crippen molar-refractivity contribution in [1.82, 2.24) is 0 Å². The molecule has 26 heavy (non-hydrogen) atoms. The van der Waals surface area contributed by atoms with Crippen LogP contribution >= 0.6 is 0 Å². The number of fused-ring (bicyclic) bond motifs is 1. The molecule has 0 radical (unpaired) electrons. The van der Waals surface area contributed by atoms with Gasteiger partial charge in [-0.1, -0.05) is 24.3 Å². The highest BCUT2D eigenvalue weighted by molar-refractivity contribution is 6.54. The first-order chi connectivity index (χ1) is 12.5. The topological polar surface area (TPSA) is 108 Å². The van der Waals surface area contributed by atoms with Gasteiger partial charge in [0.2, 0.25) is 0 Å². The van der Waals surface area contributed by atoms with Crippen LogP contribution in [0, 0.1) is 10.1 Å². The summed E-state index contributed by atoms with van der Waals surface area (Å²) in [5.41, 5.74) is 1.45. The molecule has 0 spiro atoms. The number of carbonyl (C=O) groups excluding carboxylic acids is 1. The monoisotopic (exact) mass is 350 g/mol. The van der Waals surface area contributed by atoms with Crippen molar-refractivity contribution in [3.63, 3.8) is 0 Å². The van der Waals surface area contributed by atoms with Gasteiger partial charge in [0.1, 0.15) is 5.75 Å². The average molecular weight is 350 g/mol. The lowest BCUT2D eigenvalue weighted by Crippen LogP contribution is -2.30. The molecule has 2 aromatic carbocycles. The Labute approximate surface area is 148 Å². The summed E-state index contributed by atoms with van der Waals surface area (Å²) in [7, 11) is 0. The highest BCUT2D eigenvalue weighted by Gasteiger charge is 2.32. The molecular weight excluding hydrogens is 336 g/mol. The van der Waals surface area contributed by atoms with E-state index in [9.17, 15) is 20.0 Å². The van der Waals surface area contributed by atoms with Crippen LogP contribution in [0.5, 0.6) is 5.75 Å². The molecule has 3 rings (SSSR count).